The minimum absolute atomic E-state index is 0.0686. The van der Waals surface area contributed by atoms with Crippen LogP contribution in [0, 0.1) is 5.92 Å². The molecule has 0 aliphatic carbocycles. The number of aliphatic hydroxyl groups excluding tert-OH is 1. The fraction of sp³-hybridized carbons (Fsp3) is 0.481. The van der Waals surface area contributed by atoms with Gasteiger partial charge in [-0.3, -0.25) is 14.5 Å². The number of carbonyl (C=O) groups excluding carboxylic acids is 2. The predicted octanol–water partition coefficient (Wildman–Crippen LogP) is 3.08. The maximum atomic E-state index is 12.2. The summed E-state index contributed by atoms with van der Waals surface area (Å²) in [5, 5.41) is 16.5. The molecule has 2 aromatic rings. The number of rotatable bonds is 9. The molecule has 2 heterocycles. The summed E-state index contributed by atoms with van der Waals surface area (Å²) < 4.78 is 11.6. The Kier molecular flexibility index (Phi) is 8.32. The van der Waals surface area contributed by atoms with Crippen LogP contribution < -0.4 is 25.0 Å². The van der Waals surface area contributed by atoms with Gasteiger partial charge in [0, 0.05) is 37.5 Å². The van der Waals surface area contributed by atoms with E-state index >= 15 is 0 Å². The first-order valence-corrected chi connectivity index (χ1v) is 12.6. The average molecular weight is 497 g/mol. The van der Waals surface area contributed by atoms with Crippen LogP contribution in [0.15, 0.2) is 36.4 Å². The summed E-state index contributed by atoms with van der Waals surface area (Å²) in [6, 6.07) is 11.5. The number of ether oxygens (including phenoxy) is 2. The molecule has 2 aromatic carbocycles. The average Bonchev–Trinajstić information content (AvgIpc) is 2.88. The minimum atomic E-state index is -0.574. The van der Waals surface area contributed by atoms with Gasteiger partial charge in [0.05, 0.1) is 37.3 Å². The fourth-order valence-corrected chi connectivity index (χ4v) is 4.60. The van der Waals surface area contributed by atoms with Crippen molar-refractivity contribution < 1.29 is 24.2 Å². The molecular weight excluding hydrogens is 460 g/mol. The lowest BCUT2D eigenvalue weighted by molar-refractivity contribution is -0.119. The van der Waals surface area contributed by atoms with E-state index < -0.39 is 6.23 Å². The van der Waals surface area contributed by atoms with Crippen LogP contribution in [0.3, 0.4) is 0 Å². The van der Waals surface area contributed by atoms with E-state index in [1.807, 2.05) is 44.2 Å². The van der Waals surface area contributed by atoms with Gasteiger partial charge in [0.1, 0.15) is 17.7 Å². The van der Waals surface area contributed by atoms with Gasteiger partial charge in [0.15, 0.2) is 0 Å². The van der Waals surface area contributed by atoms with Gasteiger partial charge in [0.2, 0.25) is 11.8 Å². The number of hydrogen-bond donors (Lipinski definition) is 3. The van der Waals surface area contributed by atoms with E-state index in [1.54, 1.807) is 13.2 Å². The SMILES string of the molecule is COc1ccccc1N1CCN(CCCOc2ccc(NC(=O)C(C)C)c3c2CCC(=O)N3)C(O)C1. The monoisotopic (exact) mass is 496 g/mol. The van der Waals surface area contributed by atoms with E-state index in [9.17, 15) is 14.7 Å². The molecule has 0 spiro atoms. The summed E-state index contributed by atoms with van der Waals surface area (Å²) in [7, 11) is 1.66. The van der Waals surface area contributed by atoms with Gasteiger partial charge in [-0.1, -0.05) is 26.0 Å². The molecule has 9 nitrogen and oxygen atoms in total. The molecule has 1 fully saturated rings. The predicted molar refractivity (Wildman–Crippen MR) is 140 cm³/mol. The van der Waals surface area contributed by atoms with Crippen molar-refractivity contribution in [2.24, 2.45) is 5.92 Å². The van der Waals surface area contributed by atoms with Gasteiger partial charge >= 0.3 is 0 Å². The van der Waals surface area contributed by atoms with Gasteiger partial charge in [-0.15, -0.1) is 0 Å². The quantitative estimate of drug-likeness (QED) is 0.459. The van der Waals surface area contributed by atoms with Crippen LogP contribution in [0.25, 0.3) is 0 Å². The molecule has 2 aliphatic heterocycles. The Morgan fingerprint density at radius 3 is 2.72 bits per heavy atom. The first-order valence-electron chi connectivity index (χ1n) is 12.6. The Morgan fingerprint density at radius 2 is 1.97 bits per heavy atom. The Hall–Kier alpha value is -3.30. The van der Waals surface area contributed by atoms with Crippen molar-refractivity contribution in [3.63, 3.8) is 0 Å². The number of hydrogen-bond acceptors (Lipinski definition) is 7. The highest BCUT2D eigenvalue weighted by Crippen LogP contribution is 2.38. The highest BCUT2D eigenvalue weighted by molar-refractivity contribution is 6.03. The van der Waals surface area contributed by atoms with Crippen molar-refractivity contribution in [3.8, 4) is 11.5 Å². The number of piperazine rings is 1. The number of nitrogens with one attached hydrogen (secondary N) is 2. The van der Waals surface area contributed by atoms with Crippen LogP contribution in [0.2, 0.25) is 0 Å². The Balaban J connectivity index is 1.32. The molecule has 36 heavy (non-hydrogen) atoms. The lowest BCUT2D eigenvalue weighted by Crippen LogP contribution is -2.53. The summed E-state index contributed by atoms with van der Waals surface area (Å²) in [6.07, 6.45) is 1.12. The molecule has 2 aliphatic rings. The number of β-amino-alcohol motifs (C(OH)–C–C–N with tert-alkyl or cyclic N) is 1. The highest BCUT2D eigenvalue weighted by Gasteiger charge is 2.27. The largest absolute Gasteiger partial charge is 0.495 e. The topological polar surface area (TPSA) is 103 Å². The number of anilines is 3. The van der Waals surface area contributed by atoms with E-state index in [4.69, 9.17) is 9.47 Å². The molecule has 2 amide bonds. The molecule has 0 aromatic heterocycles. The van der Waals surface area contributed by atoms with Crippen LogP contribution in [0.1, 0.15) is 32.3 Å². The van der Waals surface area contributed by atoms with Gasteiger partial charge in [0.25, 0.3) is 0 Å². The normalized spacial score (nSPS) is 18.0. The molecule has 194 valence electrons. The number of fused-ring (bicyclic) bond motifs is 1. The lowest BCUT2D eigenvalue weighted by atomic mass is 10.00. The summed E-state index contributed by atoms with van der Waals surface area (Å²) in [5.41, 5.74) is 3.12. The zero-order valence-electron chi connectivity index (χ0n) is 21.3. The van der Waals surface area contributed by atoms with Crippen LogP contribution in [-0.4, -0.2) is 67.9 Å². The minimum Gasteiger partial charge on any atom is -0.495 e. The number of para-hydroxylation sites is 2. The summed E-state index contributed by atoms with van der Waals surface area (Å²) in [6.45, 7) is 6.90. The van der Waals surface area contributed by atoms with Crippen LogP contribution in [0.4, 0.5) is 17.1 Å². The smallest absolute Gasteiger partial charge is 0.226 e. The number of amides is 2. The first kappa shape index (κ1) is 25.8. The van der Waals surface area contributed by atoms with E-state index in [0.717, 1.165) is 36.5 Å². The van der Waals surface area contributed by atoms with E-state index in [0.29, 0.717) is 49.7 Å². The van der Waals surface area contributed by atoms with Gasteiger partial charge in [-0.2, -0.15) is 0 Å². The number of benzene rings is 2. The fourth-order valence-electron chi connectivity index (χ4n) is 4.60. The molecule has 1 saturated heterocycles. The lowest BCUT2D eigenvalue weighted by Gasteiger charge is -2.40. The molecule has 1 unspecified atom stereocenters. The standard InChI is InChI=1S/C27H36N4O5/c1-18(2)27(34)28-20-10-11-22(19-9-12-24(32)29-26(19)20)36-16-6-13-30-14-15-31(17-25(30)33)21-7-4-5-8-23(21)35-3/h4-5,7-8,10-11,18,25,33H,6,9,12-17H2,1-3H3,(H,28,34)(H,29,32). The zero-order chi connectivity index (χ0) is 25.7. The maximum absolute atomic E-state index is 12.2. The molecule has 0 saturated carbocycles. The Bertz CT molecular complexity index is 1090. The zero-order valence-corrected chi connectivity index (χ0v) is 21.3. The third-order valence-corrected chi connectivity index (χ3v) is 6.65. The molecule has 3 N–H and O–H groups in total. The van der Waals surface area contributed by atoms with Crippen LogP contribution in [0.5, 0.6) is 11.5 Å². The number of nitrogens with zero attached hydrogens (tertiary/aromatic N) is 2. The Morgan fingerprint density at radius 1 is 1.17 bits per heavy atom. The maximum Gasteiger partial charge on any atom is 0.226 e. The number of aliphatic hydroxyl groups is 1. The van der Waals surface area contributed by atoms with Crippen LogP contribution >= 0.6 is 0 Å². The molecule has 9 heteroatoms. The number of carbonyl (C=O) groups is 2. The van der Waals surface area contributed by atoms with Gasteiger partial charge < -0.3 is 30.1 Å². The number of methoxy groups -OCH3 is 1. The van der Waals surface area contributed by atoms with Crippen LogP contribution in [-0.2, 0) is 16.0 Å². The Labute approximate surface area is 212 Å². The van der Waals surface area contributed by atoms with Crippen molar-refractivity contribution in [2.45, 2.75) is 39.3 Å². The summed E-state index contributed by atoms with van der Waals surface area (Å²) in [4.78, 5) is 28.4. The van der Waals surface area contributed by atoms with Crippen molar-refractivity contribution in [1.29, 1.82) is 0 Å². The second-order valence-corrected chi connectivity index (χ2v) is 9.49. The van der Waals surface area contributed by atoms with Crippen molar-refractivity contribution in [1.82, 2.24) is 4.90 Å². The van der Waals surface area contributed by atoms with Gasteiger partial charge in [-0.25, -0.2) is 0 Å². The molecule has 0 bridgehead atoms. The van der Waals surface area contributed by atoms with Crippen molar-refractivity contribution in [3.05, 3.63) is 42.0 Å². The second-order valence-electron chi connectivity index (χ2n) is 9.49. The molecule has 4 rings (SSSR count). The third kappa shape index (κ3) is 5.91. The molecule has 0 radical (unpaired) electrons. The van der Waals surface area contributed by atoms with E-state index in [-0.39, 0.29) is 17.7 Å². The van der Waals surface area contributed by atoms with E-state index in [2.05, 4.69) is 20.4 Å². The first-order chi connectivity index (χ1) is 17.4. The summed E-state index contributed by atoms with van der Waals surface area (Å²) >= 11 is 0. The molecular formula is C27H36N4O5. The van der Waals surface area contributed by atoms with E-state index in [1.165, 1.54) is 0 Å². The second kappa shape index (κ2) is 11.6. The molecule has 1 atom stereocenters. The third-order valence-electron chi connectivity index (χ3n) is 6.65. The highest BCUT2D eigenvalue weighted by atomic mass is 16.5. The van der Waals surface area contributed by atoms with Gasteiger partial charge in [-0.05, 0) is 37.1 Å². The van der Waals surface area contributed by atoms with Crippen molar-refractivity contribution >= 4 is 28.9 Å². The van der Waals surface area contributed by atoms with Crippen molar-refractivity contribution in [2.75, 3.05) is 55.4 Å². The summed E-state index contributed by atoms with van der Waals surface area (Å²) in [5.74, 6) is 1.19.